The van der Waals surface area contributed by atoms with Crippen molar-refractivity contribution in [3.05, 3.63) is 119 Å². The standard InChI is InChI=1S/C34H33N5O3/c1-34(2)17-28-31(29(40)18-34)27(15-22-7-5-4-6-8-22)32(37-28)24-13-14-35-30(16-24)38-33(41)25-19-36-39(21-25)20-23-9-11-26(42-3)12-10-23/h4-14,16,19,21,37H,15,17-18,20H2,1-3H3,(H,35,38,41). The van der Waals surface area contributed by atoms with Gasteiger partial charge in [0, 0.05) is 42.1 Å². The second-order valence-corrected chi connectivity index (χ2v) is 11.6. The molecule has 2 aromatic carbocycles. The Morgan fingerprint density at radius 3 is 2.60 bits per heavy atom. The summed E-state index contributed by atoms with van der Waals surface area (Å²) < 4.78 is 6.94. The third-order valence-electron chi connectivity index (χ3n) is 7.67. The van der Waals surface area contributed by atoms with Crippen LogP contribution in [-0.4, -0.2) is 38.5 Å². The molecule has 2 N–H and O–H groups in total. The summed E-state index contributed by atoms with van der Waals surface area (Å²) in [5, 5.41) is 7.27. The molecule has 0 radical (unpaired) electrons. The van der Waals surface area contributed by atoms with E-state index >= 15 is 0 Å². The van der Waals surface area contributed by atoms with Crippen molar-refractivity contribution in [3.8, 4) is 17.0 Å². The number of nitrogens with zero attached hydrogens (tertiary/aromatic N) is 3. The van der Waals surface area contributed by atoms with E-state index in [2.05, 4.69) is 46.4 Å². The topological polar surface area (TPSA) is 102 Å². The van der Waals surface area contributed by atoms with Gasteiger partial charge in [-0.25, -0.2) is 4.98 Å². The van der Waals surface area contributed by atoms with Crippen LogP contribution >= 0.6 is 0 Å². The number of carbonyl (C=O) groups is 2. The summed E-state index contributed by atoms with van der Waals surface area (Å²) in [5.41, 5.74) is 7.02. The Morgan fingerprint density at radius 2 is 1.83 bits per heavy atom. The molecule has 0 unspecified atom stereocenters. The van der Waals surface area contributed by atoms with Gasteiger partial charge in [-0.05, 0) is 52.8 Å². The molecule has 1 aliphatic rings. The number of ketones is 1. The van der Waals surface area contributed by atoms with Crippen molar-refractivity contribution in [2.45, 2.75) is 39.7 Å². The lowest BCUT2D eigenvalue weighted by Gasteiger charge is -2.28. The van der Waals surface area contributed by atoms with Gasteiger partial charge in [0.25, 0.3) is 5.91 Å². The number of H-pyrrole nitrogens is 1. The summed E-state index contributed by atoms with van der Waals surface area (Å²) in [6, 6.07) is 21.7. The molecule has 0 fully saturated rings. The molecule has 3 aromatic heterocycles. The zero-order valence-corrected chi connectivity index (χ0v) is 24.0. The monoisotopic (exact) mass is 559 g/mol. The van der Waals surface area contributed by atoms with E-state index in [4.69, 9.17) is 4.74 Å². The van der Waals surface area contributed by atoms with Gasteiger partial charge >= 0.3 is 0 Å². The Labute approximate surface area is 244 Å². The molecule has 8 nitrogen and oxygen atoms in total. The minimum Gasteiger partial charge on any atom is -0.497 e. The third kappa shape index (κ3) is 5.74. The summed E-state index contributed by atoms with van der Waals surface area (Å²) in [7, 11) is 1.63. The lowest BCUT2D eigenvalue weighted by molar-refractivity contribution is 0.0910. The Morgan fingerprint density at radius 1 is 1.05 bits per heavy atom. The number of nitrogens with one attached hydrogen (secondary N) is 2. The molecule has 3 heterocycles. The number of anilines is 1. The van der Waals surface area contributed by atoms with Gasteiger partial charge in [0.1, 0.15) is 11.6 Å². The fraction of sp³-hybridized carbons (Fsp3) is 0.235. The first-order chi connectivity index (χ1) is 20.3. The second-order valence-electron chi connectivity index (χ2n) is 11.6. The molecule has 0 saturated carbocycles. The van der Waals surface area contributed by atoms with Crippen LogP contribution in [0.4, 0.5) is 5.82 Å². The van der Waals surface area contributed by atoms with Crippen molar-refractivity contribution in [1.29, 1.82) is 0 Å². The summed E-state index contributed by atoms with van der Waals surface area (Å²) in [4.78, 5) is 34.5. The molecule has 5 aromatic rings. The number of rotatable bonds is 8. The Kier molecular flexibility index (Phi) is 7.20. The van der Waals surface area contributed by atoms with Crippen LogP contribution < -0.4 is 10.1 Å². The number of ether oxygens (including phenoxy) is 1. The number of methoxy groups -OCH3 is 1. The predicted molar refractivity (Wildman–Crippen MR) is 162 cm³/mol. The van der Waals surface area contributed by atoms with Crippen molar-refractivity contribution in [2.75, 3.05) is 12.4 Å². The van der Waals surface area contributed by atoms with Crippen molar-refractivity contribution < 1.29 is 14.3 Å². The average molecular weight is 560 g/mol. The fourth-order valence-corrected chi connectivity index (χ4v) is 5.68. The van der Waals surface area contributed by atoms with Crippen LogP contribution in [0.15, 0.2) is 85.3 Å². The number of carbonyl (C=O) groups excluding carboxylic acids is 2. The minimum absolute atomic E-state index is 0.106. The maximum absolute atomic E-state index is 13.4. The Balaban J connectivity index is 1.25. The van der Waals surface area contributed by atoms with Gasteiger partial charge in [0.2, 0.25) is 0 Å². The maximum Gasteiger partial charge on any atom is 0.260 e. The molecule has 6 rings (SSSR count). The van der Waals surface area contributed by atoms with Crippen LogP contribution in [0.1, 0.15) is 63.4 Å². The van der Waals surface area contributed by atoms with Gasteiger partial charge in [0.15, 0.2) is 5.78 Å². The van der Waals surface area contributed by atoms with Crippen molar-refractivity contribution >= 4 is 17.5 Å². The highest BCUT2D eigenvalue weighted by atomic mass is 16.5. The highest BCUT2D eigenvalue weighted by Gasteiger charge is 2.35. The number of hydrogen-bond acceptors (Lipinski definition) is 5. The number of amides is 1. The first-order valence-electron chi connectivity index (χ1n) is 14.0. The molecule has 1 aliphatic carbocycles. The van der Waals surface area contributed by atoms with E-state index in [9.17, 15) is 9.59 Å². The fourth-order valence-electron chi connectivity index (χ4n) is 5.68. The summed E-state index contributed by atoms with van der Waals surface area (Å²) in [6.07, 6.45) is 6.89. The predicted octanol–water partition coefficient (Wildman–Crippen LogP) is 6.33. The van der Waals surface area contributed by atoms with E-state index in [-0.39, 0.29) is 17.1 Å². The molecule has 0 bridgehead atoms. The van der Waals surface area contributed by atoms with Crippen molar-refractivity contribution in [2.24, 2.45) is 5.41 Å². The number of pyridine rings is 1. The quantitative estimate of drug-likeness (QED) is 0.231. The third-order valence-corrected chi connectivity index (χ3v) is 7.67. The molecule has 0 saturated heterocycles. The molecule has 0 atom stereocenters. The largest absolute Gasteiger partial charge is 0.497 e. The highest BCUT2D eigenvalue weighted by molar-refractivity contribution is 6.04. The first kappa shape index (κ1) is 27.2. The molecule has 8 heteroatoms. The number of aromatic amines is 1. The summed E-state index contributed by atoms with van der Waals surface area (Å²) in [6.45, 7) is 4.79. The molecular formula is C34H33N5O3. The number of benzene rings is 2. The van der Waals surface area contributed by atoms with Crippen LogP contribution in [0.25, 0.3) is 11.3 Å². The Bertz CT molecular complexity index is 1750. The molecule has 212 valence electrons. The van der Waals surface area contributed by atoms with E-state index in [1.54, 1.807) is 30.4 Å². The van der Waals surface area contributed by atoms with Crippen LogP contribution in [0.2, 0.25) is 0 Å². The zero-order chi connectivity index (χ0) is 29.3. The number of aromatic nitrogens is 4. The van der Waals surface area contributed by atoms with Gasteiger partial charge in [-0.1, -0.05) is 56.3 Å². The van der Waals surface area contributed by atoms with Crippen LogP contribution in [0.5, 0.6) is 5.75 Å². The van der Waals surface area contributed by atoms with Gasteiger partial charge in [0.05, 0.1) is 31.1 Å². The van der Waals surface area contributed by atoms with Crippen molar-refractivity contribution in [1.82, 2.24) is 19.7 Å². The molecule has 42 heavy (non-hydrogen) atoms. The smallest absolute Gasteiger partial charge is 0.260 e. The van der Waals surface area contributed by atoms with E-state index in [0.29, 0.717) is 30.8 Å². The van der Waals surface area contributed by atoms with Gasteiger partial charge in [-0.15, -0.1) is 0 Å². The normalized spacial score (nSPS) is 13.9. The molecular weight excluding hydrogens is 526 g/mol. The molecule has 0 spiro atoms. The van der Waals surface area contributed by atoms with Gasteiger partial charge < -0.3 is 15.0 Å². The van der Waals surface area contributed by atoms with Crippen molar-refractivity contribution in [3.63, 3.8) is 0 Å². The summed E-state index contributed by atoms with van der Waals surface area (Å²) >= 11 is 0. The lowest BCUT2D eigenvalue weighted by atomic mass is 9.75. The SMILES string of the molecule is COc1ccc(Cn2cc(C(=O)Nc3cc(-c4[nH]c5c(c4Cc4ccccc4)C(=O)CC(C)(C)C5)ccn3)cn2)cc1. The molecule has 0 aliphatic heterocycles. The van der Waals surface area contributed by atoms with Crippen LogP contribution in [0.3, 0.4) is 0 Å². The van der Waals surface area contributed by atoms with Crippen LogP contribution in [-0.2, 0) is 19.4 Å². The number of fused-ring (bicyclic) bond motifs is 1. The minimum atomic E-state index is -0.298. The van der Waals surface area contributed by atoms with E-state index < -0.39 is 0 Å². The van der Waals surface area contributed by atoms with E-state index in [1.807, 2.05) is 54.6 Å². The van der Waals surface area contributed by atoms with E-state index in [0.717, 1.165) is 51.4 Å². The summed E-state index contributed by atoms with van der Waals surface area (Å²) in [5.74, 6) is 1.08. The van der Waals surface area contributed by atoms with Gasteiger partial charge in [-0.2, -0.15) is 5.10 Å². The van der Waals surface area contributed by atoms with E-state index in [1.165, 1.54) is 0 Å². The van der Waals surface area contributed by atoms with Gasteiger partial charge in [-0.3, -0.25) is 14.3 Å². The zero-order valence-electron chi connectivity index (χ0n) is 24.0. The first-order valence-corrected chi connectivity index (χ1v) is 14.0. The second kappa shape index (κ2) is 11.1. The number of hydrogen-bond donors (Lipinski definition) is 2. The highest BCUT2D eigenvalue weighted by Crippen LogP contribution is 2.40. The van der Waals surface area contributed by atoms with Crippen LogP contribution in [0, 0.1) is 5.41 Å². The lowest BCUT2D eigenvalue weighted by Crippen LogP contribution is -2.27. The molecule has 1 amide bonds. The Hall–Kier alpha value is -4.98. The maximum atomic E-state index is 13.4. The number of Topliss-reactive ketones (excluding diaryl/α,β-unsaturated/α-hetero) is 1. The average Bonchev–Trinajstić information content (AvgIpc) is 3.58.